The second-order valence-corrected chi connectivity index (χ2v) is 5.74. The van der Waals surface area contributed by atoms with Crippen molar-refractivity contribution in [1.82, 2.24) is 4.98 Å². The van der Waals surface area contributed by atoms with E-state index < -0.39 is 10.9 Å². The molecule has 0 aliphatic carbocycles. The predicted molar refractivity (Wildman–Crippen MR) is 82.6 cm³/mol. The van der Waals surface area contributed by atoms with Crippen LogP contribution in [0.2, 0.25) is 0 Å². The number of nitrogens with zero attached hydrogens (tertiary/aromatic N) is 2. The van der Waals surface area contributed by atoms with Crippen LogP contribution in [0.1, 0.15) is 15.4 Å². The van der Waals surface area contributed by atoms with E-state index in [-0.39, 0.29) is 17.1 Å². The number of thiazole rings is 1. The van der Waals surface area contributed by atoms with E-state index in [4.69, 9.17) is 9.15 Å². The normalized spacial score (nSPS) is 10.5. The van der Waals surface area contributed by atoms with E-state index in [0.717, 1.165) is 0 Å². The molecule has 0 unspecified atom stereocenters. The molecule has 0 fully saturated rings. The number of furan rings is 1. The van der Waals surface area contributed by atoms with Crippen LogP contribution in [0.25, 0.3) is 10.8 Å². The largest absolute Gasteiger partial charge is 0.462 e. The summed E-state index contributed by atoms with van der Waals surface area (Å²) in [5.41, 5.74) is 0.120. The van der Waals surface area contributed by atoms with Crippen LogP contribution in [0.4, 0.5) is 5.69 Å². The Balaban J connectivity index is 1.79. The second-order valence-electron chi connectivity index (χ2n) is 4.54. The predicted octanol–water partition coefficient (Wildman–Crippen LogP) is 3.84. The number of non-ortho nitro benzene ring substituents is 1. The lowest BCUT2D eigenvalue weighted by Crippen LogP contribution is -2.10. The number of carbonyl (C=O) groups is 1. The first kappa shape index (κ1) is 14.9. The molecule has 8 heteroatoms. The smallest absolute Gasteiger partial charge is 0.363 e. The van der Waals surface area contributed by atoms with Crippen molar-refractivity contribution < 1.29 is 18.9 Å². The van der Waals surface area contributed by atoms with Crippen LogP contribution in [0.15, 0.2) is 47.1 Å². The van der Waals surface area contributed by atoms with E-state index in [0.29, 0.717) is 15.6 Å². The molecule has 3 aromatic rings. The van der Waals surface area contributed by atoms with Gasteiger partial charge in [-0.25, -0.2) is 9.78 Å². The quantitative estimate of drug-likeness (QED) is 0.312. The monoisotopic (exact) mass is 330 g/mol. The van der Waals surface area contributed by atoms with E-state index in [9.17, 15) is 14.9 Å². The van der Waals surface area contributed by atoms with E-state index in [1.807, 2.05) is 0 Å². The maximum Gasteiger partial charge on any atom is 0.363 e. The third kappa shape index (κ3) is 3.11. The fourth-order valence-electron chi connectivity index (χ4n) is 1.88. The topological polar surface area (TPSA) is 95.5 Å². The van der Waals surface area contributed by atoms with Gasteiger partial charge in [0.2, 0.25) is 0 Å². The number of hydrogen-bond donors (Lipinski definition) is 0. The highest BCUT2D eigenvalue weighted by Crippen LogP contribution is 2.28. The van der Waals surface area contributed by atoms with E-state index >= 15 is 0 Å². The number of aromatic nitrogens is 1. The van der Waals surface area contributed by atoms with Crippen LogP contribution in [0.5, 0.6) is 5.75 Å². The van der Waals surface area contributed by atoms with Gasteiger partial charge in [0.05, 0.1) is 11.2 Å². The van der Waals surface area contributed by atoms with Crippen molar-refractivity contribution in [3.05, 3.63) is 63.3 Å². The Labute approximate surface area is 134 Å². The van der Waals surface area contributed by atoms with Crippen molar-refractivity contribution in [2.75, 3.05) is 0 Å². The van der Waals surface area contributed by atoms with Gasteiger partial charge in [0.15, 0.2) is 16.5 Å². The van der Waals surface area contributed by atoms with Gasteiger partial charge in [0.25, 0.3) is 5.69 Å². The van der Waals surface area contributed by atoms with Crippen LogP contribution in [-0.4, -0.2) is 15.9 Å². The van der Waals surface area contributed by atoms with E-state index in [2.05, 4.69) is 4.98 Å². The number of ether oxygens (including phenoxy) is 1. The zero-order valence-corrected chi connectivity index (χ0v) is 12.7. The van der Waals surface area contributed by atoms with Crippen molar-refractivity contribution in [3.8, 4) is 16.5 Å². The highest BCUT2D eigenvalue weighted by atomic mass is 32.1. The molecule has 0 atom stereocenters. The molecule has 0 spiro atoms. The minimum Gasteiger partial charge on any atom is -0.462 e. The number of hydrogen-bond acceptors (Lipinski definition) is 7. The lowest BCUT2D eigenvalue weighted by Gasteiger charge is -2.02. The zero-order chi connectivity index (χ0) is 16.4. The molecule has 1 aromatic carbocycles. The van der Waals surface area contributed by atoms with Crippen LogP contribution < -0.4 is 4.74 Å². The molecule has 23 heavy (non-hydrogen) atoms. The van der Waals surface area contributed by atoms with Crippen molar-refractivity contribution in [2.45, 2.75) is 6.92 Å². The van der Waals surface area contributed by atoms with Gasteiger partial charge in [0, 0.05) is 17.0 Å². The molecule has 0 aliphatic rings. The summed E-state index contributed by atoms with van der Waals surface area (Å²) in [5.74, 6) is 0.172. The average Bonchev–Trinajstić information content (AvgIpc) is 3.16. The first-order valence-electron chi connectivity index (χ1n) is 6.52. The zero-order valence-electron chi connectivity index (χ0n) is 11.9. The number of nitro benzene ring substituents is 1. The van der Waals surface area contributed by atoms with Crippen LogP contribution in [0, 0.1) is 17.0 Å². The van der Waals surface area contributed by atoms with Crippen LogP contribution in [-0.2, 0) is 0 Å². The lowest BCUT2D eigenvalue weighted by molar-refractivity contribution is -0.384. The molecule has 2 aromatic heterocycles. The molecule has 3 rings (SSSR count). The molecule has 0 aliphatic heterocycles. The molecule has 116 valence electrons. The maximum absolute atomic E-state index is 12.2. The summed E-state index contributed by atoms with van der Waals surface area (Å²) in [4.78, 5) is 27.2. The number of aryl methyl sites for hydroxylation is 1. The summed E-state index contributed by atoms with van der Waals surface area (Å²) in [5, 5.41) is 11.2. The summed E-state index contributed by atoms with van der Waals surface area (Å²) in [7, 11) is 0. The Kier molecular flexibility index (Phi) is 3.90. The minimum absolute atomic E-state index is 0.0743. The van der Waals surface area contributed by atoms with E-state index in [1.165, 1.54) is 41.9 Å². The van der Waals surface area contributed by atoms with Crippen molar-refractivity contribution in [2.24, 2.45) is 0 Å². The first-order valence-corrected chi connectivity index (χ1v) is 7.34. The van der Waals surface area contributed by atoms with E-state index in [1.54, 1.807) is 19.1 Å². The molecule has 0 saturated carbocycles. The molecule has 2 heterocycles. The molecule has 0 saturated heterocycles. The molecule has 0 amide bonds. The van der Waals surface area contributed by atoms with Crippen LogP contribution in [0.3, 0.4) is 0 Å². The number of nitro groups is 1. The first-order chi connectivity index (χ1) is 11.0. The molecule has 0 N–H and O–H groups in total. The van der Waals surface area contributed by atoms with Crippen molar-refractivity contribution in [3.63, 3.8) is 0 Å². The average molecular weight is 330 g/mol. The molecule has 0 bridgehead atoms. The Morgan fingerprint density at radius 1 is 1.30 bits per heavy atom. The molecular formula is C15H10N2O5S. The second kappa shape index (κ2) is 6.01. The summed E-state index contributed by atoms with van der Waals surface area (Å²) in [6.45, 7) is 1.76. The Hall–Kier alpha value is -3.00. The third-order valence-electron chi connectivity index (χ3n) is 2.98. The minimum atomic E-state index is -0.620. The van der Waals surface area contributed by atoms with Crippen molar-refractivity contribution in [1.29, 1.82) is 0 Å². The highest BCUT2D eigenvalue weighted by molar-refractivity contribution is 7.15. The Bertz CT molecular complexity index is 853. The number of rotatable bonds is 4. The van der Waals surface area contributed by atoms with Crippen LogP contribution >= 0.6 is 11.3 Å². The van der Waals surface area contributed by atoms with Gasteiger partial charge in [-0.15, -0.1) is 11.3 Å². The van der Waals surface area contributed by atoms with Gasteiger partial charge in [0.1, 0.15) is 5.75 Å². The Morgan fingerprint density at radius 2 is 2.04 bits per heavy atom. The molecule has 7 nitrogen and oxygen atoms in total. The standard InChI is InChI=1S/C15H10N2O5S/c1-9-13(16-14(23-9)12-3-2-8-21-12)15(18)22-11-6-4-10(5-7-11)17(19)20/h2-8H,1H3. The van der Waals surface area contributed by atoms with Gasteiger partial charge in [-0.1, -0.05) is 0 Å². The van der Waals surface area contributed by atoms with Gasteiger partial charge in [-0.2, -0.15) is 0 Å². The van der Waals surface area contributed by atoms with Crippen molar-refractivity contribution >= 4 is 23.0 Å². The summed E-state index contributed by atoms with van der Waals surface area (Å²) >= 11 is 1.32. The SMILES string of the molecule is Cc1sc(-c2ccco2)nc1C(=O)Oc1ccc([N+](=O)[O-])cc1. The number of carbonyl (C=O) groups excluding carboxylic acids is 1. The summed E-state index contributed by atoms with van der Waals surface area (Å²) < 4.78 is 10.5. The molecule has 0 radical (unpaired) electrons. The third-order valence-corrected chi connectivity index (χ3v) is 3.97. The van der Waals surface area contributed by atoms with Gasteiger partial charge in [-0.05, 0) is 31.2 Å². The Morgan fingerprint density at radius 3 is 2.65 bits per heavy atom. The fraction of sp³-hybridized carbons (Fsp3) is 0.0667. The number of benzene rings is 1. The highest BCUT2D eigenvalue weighted by Gasteiger charge is 2.19. The maximum atomic E-state index is 12.2. The molecular weight excluding hydrogens is 320 g/mol. The number of esters is 1. The fourth-order valence-corrected chi connectivity index (χ4v) is 2.75. The summed E-state index contributed by atoms with van der Waals surface area (Å²) in [6.07, 6.45) is 1.53. The van der Waals surface area contributed by atoms with Gasteiger partial charge in [-0.3, -0.25) is 10.1 Å². The van der Waals surface area contributed by atoms with Gasteiger partial charge >= 0.3 is 5.97 Å². The summed E-state index contributed by atoms with van der Waals surface area (Å²) in [6, 6.07) is 8.76. The lowest BCUT2D eigenvalue weighted by atomic mass is 10.3. The van der Waals surface area contributed by atoms with Gasteiger partial charge < -0.3 is 9.15 Å².